The van der Waals surface area contributed by atoms with Crippen molar-refractivity contribution in [3.63, 3.8) is 0 Å². The second-order valence-corrected chi connectivity index (χ2v) is 7.97. The molecule has 0 spiro atoms. The molecule has 110 valence electrons. The molecule has 0 aromatic heterocycles. The van der Waals surface area contributed by atoms with Gasteiger partial charge in [0.2, 0.25) is 0 Å². The number of benzene rings is 1. The zero-order valence-corrected chi connectivity index (χ0v) is 13.4. The molecule has 0 radical (unpaired) electrons. The Labute approximate surface area is 126 Å². The van der Waals surface area contributed by atoms with Crippen LogP contribution in [0.15, 0.2) is 28.7 Å². The van der Waals surface area contributed by atoms with E-state index in [1.165, 1.54) is 0 Å². The van der Waals surface area contributed by atoms with Gasteiger partial charge in [-0.25, -0.2) is 8.42 Å². The normalized spacial score (nSPS) is 22.2. The monoisotopic (exact) mass is 361 g/mol. The van der Waals surface area contributed by atoms with E-state index in [2.05, 4.69) is 21.2 Å². The fourth-order valence-corrected chi connectivity index (χ4v) is 4.08. The second-order valence-electron chi connectivity index (χ2n) is 4.83. The van der Waals surface area contributed by atoms with Gasteiger partial charge in [-0.3, -0.25) is 4.79 Å². The van der Waals surface area contributed by atoms with Crippen LogP contribution in [0.3, 0.4) is 0 Å². The molecule has 5 nitrogen and oxygen atoms in total. The highest BCUT2D eigenvalue weighted by Crippen LogP contribution is 2.19. The van der Waals surface area contributed by atoms with Crippen molar-refractivity contribution in [1.82, 2.24) is 5.32 Å². The predicted molar refractivity (Wildman–Crippen MR) is 79.4 cm³/mol. The van der Waals surface area contributed by atoms with Gasteiger partial charge in [0.1, 0.15) is 5.75 Å². The molecule has 7 heteroatoms. The largest absolute Gasteiger partial charge is 0.481 e. The summed E-state index contributed by atoms with van der Waals surface area (Å²) in [4.78, 5) is 12.0. The lowest BCUT2D eigenvalue weighted by molar-refractivity contribution is -0.127. The zero-order chi connectivity index (χ0) is 14.8. The van der Waals surface area contributed by atoms with Crippen molar-refractivity contribution in [3.8, 4) is 5.75 Å². The van der Waals surface area contributed by atoms with Crippen molar-refractivity contribution >= 4 is 31.7 Å². The summed E-state index contributed by atoms with van der Waals surface area (Å²) in [6, 6.07) is 6.90. The van der Waals surface area contributed by atoms with Crippen LogP contribution in [0.2, 0.25) is 0 Å². The van der Waals surface area contributed by atoms with Crippen molar-refractivity contribution in [2.45, 2.75) is 25.5 Å². The molecule has 0 aliphatic carbocycles. The highest BCUT2D eigenvalue weighted by molar-refractivity contribution is 9.10. The van der Waals surface area contributed by atoms with Crippen molar-refractivity contribution < 1.29 is 17.9 Å². The van der Waals surface area contributed by atoms with E-state index in [-0.39, 0.29) is 23.5 Å². The molecule has 0 unspecified atom stereocenters. The Morgan fingerprint density at radius 3 is 2.85 bits per heavy atom. The Kier molecular flexibility index (Phi) is 4.70. The van der Waals surface area contributed by atoms with Crippen LogP contribution in [0.4, 0.5) is 0 Å². The number of hydrogen-bond donors (Lipinski definition) is 1. The molecule has 1 N–H and O–H groups in total. The molecule has 0 bridgehead atoms. The van der Waals surface area contributed by atoms with Crippen LogP contribution in [0.1, 0.15) is 13.3 Å². The molecule has 1 fully saturated rings. The van der Waals surface area contributed by atoms with Crippen LogP contribution in [-0.2, 0) is 14.6 Å². The van der Waals surface area contributed by atoms with Gasteiger partial charge < -0.3 is 10.1 Å². The summed E-state index contributed by atoms with van der Waals surface area (Å²) in [6.45, 7) is 1.64. The molecule has 0 saturated carbocycles. The van der Waals surface area contributed by atoms with Gasteiger partial charge in [0.25, 0.3) is 5.91 Å². The average molecular weight is 362 g/mol. The molecule has 1 heterocycles. The van der Waals surface area contributed by atoms with E-state index in [9.17, 15) is 13.2 Å². The lowest BCUT2D eigenvalue weighted by Crippen LogP contribution is -2.43. The van der Waals surface area contributed by atoms with Gasteiger partial charge in [0.05, 0.1) is 11.5 Å². The van der Waals surface area contributed by atoms with Crippen molar-refractivity contribution in [1.29, 1.82) is 0 Å². The molecular weight excluding hydrogens is 346 g/mol. The first-order valence-corrected chi connectivity index (χ1v) is 8.90. The minimum atomic E-state index is -2.99. The number of carbonyl (C=O) groups is 1. The van der Waals surface area contributed by atoms with Gasteiger partial charge in [0, 0.05) is 10.5 Å². The quantitative estimate of drug-likeness (QED) is 0.882. The van der Waals surface area contributed by atoms with E-state index in [0.717, 1.165) is 4.47 Å². The number of carbonyl (C=O) groups excluding carboxylic acids is 1. The molecule has 1 aromatic rings. The van der Waals surface area contributed by atoms with E-state index >= 15 is 0 Å². The standard InChI is InChI=1S/C13H16BrNO4S/c1-9(19-12-4-2-3-10(14)7-12)13(16)15-11-5-6-20(17,18)8-11/h2-4,7,9,11H,5-6,8H2,1H3,(H,15,16)/t9-,11+/m1/s1. The number of ether oxygens (including phenoxy) is 1. The van der Waals surface area contributed by atoms with Crippen LogP contribution < -0.4 is 10.1 Å². The maximum Gasteiger partial charge on any atom is 0.261 e. The molecule has 1 amide bonds. The Hall–Kier alpha value is -1.08. The van der Waals surface area contributed by atoms with Crippen molar-refractivity contribution in [2.75, 3.05) is 11.5 Å². The third-order valence-electron chi connectivity index (χ3n) is 3.06. The van der Waals surface area contributed by atoms with Crippen LogP contribution in [0.25, 0.3) is 0 Å². The molecular formula is C13H16BrNO4S. The SMILES string of the molecule is C[C@@H](Oc1cccc(Br)c1)C(=O)N[C@H]1CCS(=O)(=O)C1. The molecule has 1 saturated heterocycles. The number of hydrogen-bond acceptors (Lipinski definition) is 4. The maximum atomic E-state index is 12.0. The summed E-state index contributed by atoms with van der Waals surface area (Å²) in [5.41, 5.74) is 0. The summed E-state index contributed by atoms with van der Waals surface area (Å²) in [5, 5.41) is 2.71. The fourth-order valence-electron chi connectivity index (χ4n) is 2.03. The Bertz CT molecular complexity index is 602. The number of nitrogens with one attached hydrogen (secondary N) is 1. The Morgan fingerprint density at radius 1 is 1.50 bits per heavy atom. The van der Waals surface area contributed by atoms with Gasteiger partial charge in [-0.1, -0.05) is 22.0 Å². The zero-order valence-electron chi connectivity index (χ0n) is 11.0. The molecule has 1 aromatic carbocycles. The number of amides is 1. The Balaban J connectivity index is 1.89. The molecule has 2 rings (SSSR count). The maximum absolute atomic E-state index is 12.0. The first-order valence-electron chi connectivity index (χ1n) is 6.29. The van der Waals surface area contributed by atoms with E-state index < -0.39 is 15.9 Å². The van der Waals surface area contributed by atoms with Gasteiger partial charge in [0.15, 0.2) is 15.9 Å². The fraction of sp³-hybridized carbons (Fsp3) is 0.462. The van der Waals surface area contributed by atoms with E-state index in [4.69, 9.17) is 4.74 Å². The van der Waals surface area contributed by atoms with Gasteiger partial charge in [-0.05, 0) is 31.5 Å². The van der Waals surface area contributed by atoms with E-state index in [1.54, 1.807) is 19.1 Å². The summed E-state index contributed by atoms with van der Waals surface area (Å²) >= 11 is 3.33. The molecule has 20 heavy (non-hydrogen) atoms. The third kappa shape index (κ3) is 4.21. The van der Waals surface area contributed by atoms with Crippen LogP contribution in [0.5, 0.6) is 5.75 Å². The van der Waals surface area contributed by atoms with Crippen LogP contribution >= 0.6 is 15.9 Å². The smallest absolute Gasteiger partial charge is 0.261 e. The van der Waals surface area contributed by atoms with Gasteiger partial charge >= 0.3 is 0 Å². The average Bonchev–Trinajstić information content (AvgIpc) is 2.68. The topological polar surface area (TPSA) is 72.5 Å². The molecule has 1 aliphatic rings. The lowest BCUT2D eigenvalue weighted by Gasteiger charge is -2.17. The molecule has 2 atom stereocenters. The van der Waals surface area contributed by atoms with Crippen molar-refractivity contribution in [2.24, 2.45) is 0 Å². The second kappa shape index (κ2) is 6.13. The number of halogens is 1. The number of sulfone groups is 1. The molecule has 1 aliphatic heterocycles. The van der Waals surface area contributed by atoms with Crippen molar-refractivity contribution in [3.05, 3.63) is 28.7 Å². The third-order valence-corrected chi connectivity index (χ3v) is 5.32. The number of rotatable bonds is 4. The van der Waals surface area contributed by atoms with Crippen LogP contribution in [0, 0.1) is 0 Å². The first-order chi connectivity index (χ1) is 9.35. The summed E-state index contributed by atoms with van der Waals surface area (Å²) in [5.74, 6) is 0.439. The highest BCUT2D eigenvalue weighted by Gasteiger charge is 2.30. The minimum Gasteiger partial charge on any atom is -0.481 e. The van der Waals surface area contributed by atoms with Crippen LogP contribution in [-0.4, -0.2) is 38.0 Å². The van der Waals surface area contributed by atoms with E-state index in [0.29, 0.717) is 12.2 Å². The summed E-state index contributed by atoms with van der Waals surface area (Å²) in [7, 11) is -2.99. The first kappa shape index (κ1) is 15.3. The minimum absolute atomic E-state index is 0.0162. The summed E-state index contributed by atoms with van der Waals surface area (Å²) < 4.78 is 29.1. The van der Waals surface area contributed by atoms with Gasteiger partial charge in [-0.2, -0.15) is 0 Å². The summed E-state index contributed by atoms with van der Waals surface area (Å²) in [6.07, 6.45) is -0.204. The Morgan fingerprint density at radius 2 is 2.25 bits per heavy atom. The van der Waals surface area contributed by atoms with E-state index in [1.807, 2.05) is 12.1 Å². The lowest BCUT2D eigenvalue weighted by atomic mass is 10.2. The van der Waals surface area contributed by atoms with Gasteiger partial charge in [-0.15, -0.1) is 0 Å². The highest BCUT2D eigenvalue weighted by atomic mass is 79.9. The predicted octanol–water partition coefficient (Wildman–Crippen LogP) is 1.52.